The van der Waals surface area contributed by atoms with Gasteiger partial charge in [0.1, 0.15) is 6.61 Å². The van der Waals surface area contributed by atoms with Crippen LogP contribution in [0.1, 0.15) is 5.56 Å². The van der Waals surface area contributed by atoms with Crippen LogP contribution < -0.4 is 10.2 Å². The maximum Gasteiger partial charge on any atom is 0.173 e. The maximum absolute atomic E-state index is 8.60. The highest BCUT2D eigenvalue weighted by atomic mass is 17.2. The molecule has 0 aromatic heterocycles. The lowest BCUT2D eigenvalue weighted by atomic mass is 10.2. The van der Waals surface area contributed by atoms with Gasteiger partial charge in [-0.2, -0.15) is 4.89 Å². The summed E-state index contributed by atoms with van der Waals surface area (Å²) in [5, 5.41) is 11.6. The Bertz CT molecular complexity index is 301. The van der Waals surface area contributed by atoms with Crippen molar-refractivity contribution in [2.45, 2.75) is 6.61 Å². The fraction of sp³-hybridized carbons (Fsp3) is 0.333. The van der Waals surface area contributed by atoms with Crippen LogP contribution in [-0.4, -0.2) is 18.3 Å². The van der Waals surface area contributed by atoms with Gasteiger partial charge in [-0.1, -0.05) is 6.07 Å². The molecule has 1 aliphatic heterocycles. The van der Waals surface area contributed by atoms with Crippen LogP contribution in [0.3, 0.4) is 0 Å². The third kappa shape index (κ3) is 1.74. The van der Waals surface area contributed by atoms with E-state index < -0.39 is 0 Å². The zero-order valence-electron chi connectivity index (χ0n) is 7.12. The number of hydrogen-bond donors (Lipinski definition) is 2. The van der Waals surface area contributed by atoms with Crippen molar-refractivity contribution in [1.82, 2.24) is 0 Å². The molecule has 0 fully saturated rings. The number of fused-ring (bicyclic) bond motifs is 1. The summed E-state index contributed by atoms with van der Waals surface area (Å²) in [5.41, 5.74) is 1.98. The van der Waals surface area contributed by atoms with E-state index in [1.165, 1.54) is 0 Å². The van der Waals surface area contributed by atoms with Crippen LogP contribution in [0.25, 0.3) is 0 Å². The van der Waals surface area contributed by atoms with E-state index in [4.69, 9.17) is 14.9 Å². The normalized spacial score (nSPS) is 13.6. The van der Waals surface area contributed by atoms with Crippen molar-refractivity contribution >= 4 is 5.69 Å². The van der Waals surface area contributed by atoms with Crippen LogP contribution in [0.4, 0.5) is 5.69 Å². The summed E-state index contributed by atoms with van der Waals surface area (Å²) in [6.07, 6.45) is 0. The Hall–Kier alpha value is -1.26. The smallest absolute Gasteiger partial charge is 0.173 e. The monoisotopic (exact) mass is 181 g/mol. The van der Waals surface area contributed by atoms with Crippen LogP contribution >= 0.6 is 0 Å². The number of benzene rings is 1. The summed E-state index contributed by atoms with van der Waals surface area (Å²) in [5.74, 6) is 0.753. The first-order valence-electron chi connectivity index (χ1n) is 4.17. The number of aliphatic hydroxyl groups excluding tert-OH is 1. The fourth-order valence-corrected chi connectivity index (χ4v) is 1.22. The first-order valence-corrected chi connectivity index (χ1v) is 4.17. The number of aliphatic hydroxyl groups is 1. The number of hydrogen-bond acceptors (Lipinski definition) is 4. The van der Waals surface area contributed by atoms with Crippen LogP contribution in [-0.2, 0) is 11.5 Å². The zero-order chi connectivity index (χ0) is 9.10. The van der Waals surface area contributed by atoms with Crippen molar-refractivity contribution in [3.63, 3.8) is 0 Å². The van der Waals surface area contributed by atoms with Crippen molar-refractivity contribution in [2.75, 3.05) is 18.5 Å². The Balaban J connectivity index is 2.12. The summed E-state index contributed by atoms with van der Waals surface area (Å²) >= 11 is 0. The summed E-state index contributed by atoms with van der Waals surface area (Å²) in [7, 11) is 0. The first-order chi connectivity index (χ1) is 6.40. The van der Waals surface area contributed by atoms with Gasteiger partial charge in [-0.15, -0.1) is 0 Å². The van der Waals surface area contributed by atoms with E-state index in [0.717, 1.165) is 17.0 Å². The van der Waals surface area contributed by atoms with Gasteiger partial charge in [0.25, 0.3) is 0 Å². The third-order valence-corrected chi connectivity index (χ3v) is 1.87. The molecule has 13 heavy (non-hydrogen) atoms. The molecule has 70 valence electrons. The Morgan fingerprint density at radius 3 is 3.23 bits per heavy atom. The molecule has 0 aliphatic carbocycles. The Labute approximate surface area is 76.0 Å². The van der Waals surface area contributed by atoms with Gasteiger partial charge < -0.3 is 15.3 Å². The minimum Gasteiger partial charge on any atom is -0.395 e. The summed E-state index contributed by atoms with van der Waals surface area (Å²) in [6.45, 7) is 1.17. The largest absolute Gasteiger partial charge is 0.395 e. The standard InChI is InChI=1S/C9H11NO3/c11-4-3-10-8-2-1-7-6-12-13-9(7)5-8/h1-2,5,10-11H,3-4,6H2. The van der Waals surface area contributed by atoms with E-state index in [1.807, 2.05) is 18.2 Å². The molecule has 0 saturated carbocycles. The van der Waals surface area contributed by atoms with E-state index in [0.29, 0.717) is 13.2 Å². The van der Waals surface area contributed by atoms with Gasteiger partial charge in [-0.05, 0) is 6.07 Å². The molecule has 0 amide bonds. The highest BCUT2D eigenvalue weighted by Crippen LogP contribution is 2.28. The molecule has 4 heteroatoms. The average molecular weight is 181 g/mol. The van der Waals surface area contributed by atoms with Gasteiger partial charge in [-0.25, -0.2) is 0 Å². The van der Waals surface area contributed by atoms with Crippen molar-refractivity contribution in [2.24, 2.45) is 0 Å². The van der Waals surface area contributed by atoms with Gasteiger partial charge in [0, 0.05) is 23.9 Å². The molecule has 0 atom stereocenters. The molecule has 0 radical (unpaired) electrons. The van der Waals surface area contributed by atoms with E-state index in [9.17, 15) is 0 Å². The lowest BCUT2D eigenvalue weighted by Crippen LogP contribution is -2.05. The quantitative estimate of drug-likeness (QED) is 0.681. The predicted molar refractivity (Wildman–Crippen MR) is 47.4 cm³/mol. The maximum atomic E-state index is 8.60. The molecule has 0 bridgehead atoms. The molecule has 1 aromatic carbocycles. The molecule has 0 spiro atoms. The highest BCUT2D eigenvalue weighted by Gasteiger charge is 2.13. The van der Waals surface area contributed by atoms with E-state index in [1.54, 1.807) is 0 Å². The van der Waals surface area contributed by atoms with Gasteiger partial charge in [-0.3, -0.25) is 0 Å². The van der Waals surface area contributed by atoms with Crippen LogP contribution in [0, 0.1) is 0 Å². The van der Waals surface area contributed by atoms with E-state index >= 15 is 0 Å². The molecule has 2 rings (SSSR count). The minimum absolute atomic E-state index is 0.119. The van der Waals surface area contributed by atoms with Crippen LogP contribution in [0.5, 0.6) is 5.75 Å². The fourth-order valence-electron chi connectivity index (χ4n) is 1.22. The minimum atomic E-state index is 0.119. The zero-order valence-corrected chi connectivity index (χ0v) is 7.12. The van der Waals surface area contributed by atoms with Crippen LogP contribution in [0.2, 0.25) is 0 Å². The van der Waals surface area contributed by atoms with Gasteiger partial charge >= 0.3 is 0 Å². The average Bonchev–Trinajstić information content (AvgIpc) is 2.61. The Kier molecular flexibility index (Phi) is 2.33. The third-order valence-electron chi connectivity index (χ3n) is 1.87. The second kappa shape index (κ2) is 3.64. The Morgan fingerprint density at radius 1 is 1.46 bits per heavy atom. The SMILES string of the molecule is OCCNc1ccc2c(c1)OOC2. The van der Waals surface area contributed by atoms with Crippen molar-refractivity contribution < 1.29 is 14.9 Å². The summed E-state index contributed by atoms with van der Waals surface area (Å²) < 4.78 is 0. The second-order valence-corrected chi connectivity index (χ2v) is 2.82. The van der Waals surface area contributed by atoms with Gasteiger partial charge in [0.2, 0.25) is 0 Å². The predicted octanol–water partition coefficient (Wildman–Crippen LogP) is 0.915. The highest BCUT2D eigenvalue weighted by molar-refractivity contribution is 5.52. The van der Waals surface area contributed by atoms with Crippen LogP contribution in [0.15, 0.2) is 18.2 Å². The lowest BCUT2D eigenvalue weighted by molar-refractivity contribution is -0.194. The number of nitrogens with one attached hydrogen (secondary N) is 1. The molecule has 0 saturated heterocycles. The molecule has 2 N–H and O–H groups in total. The van der Waals surface area contributed by atoms with Gasteiger partial charge in [0.05, 0.1) is 6.61 Å². The topological polar surface area (TPSA) is 50.7 Å². The molecule has 4 nitrogen and oxygen atoms in total. The van der Waals surface area contributed by atoms with Crippen molar-refractivity contribution in [1.29, 1.82) is 0 Å². The molecule has 1 aromatic rings. The van der Waals surface area contributed by atoms with E-state index in [2.05, 4.69) is 5.32 Å². The van der Waals surface area contributed by atoms with Crippen molar-refractivity contribution in [3.8, 4) is 5.75 Å². The number of anilines is 1. The molecule has 1 aliphatic rings. The summed E-state index contributed by atoms with van der Waals surface area (Å²) in [4.78, 5) is 9.71. The van der Waals surface area contributed by atoms with E-state index in [-0.39, 0.29) is 6.61 Å². The number of rotatable bonds is 3. The summed E-state index contributed by atoms with van der Waals surface area (Å²) in [6, 6.07) is 5.74. The Morgan fingerprint density at radius 2 is 2.38 bits per heavy atom. The molecule has 1 heterocycles. The van der Waals surface area contributed by atoms with Crippen molar-refractivity contribution in [3.05, 3.63) is 23.8 Å². The second-order valence-electron chi connectivity index (χ2n) is 2.82. The molecular formula is C9H11NO3. The first kappa shape index (κ1) is 8.34. The molecular weight excluding hydrogens is 170 g/mol. The lowest BCUT2D eigenvalue weighted by Gasteiger charge is -2.04. The molecule has 0 unspecified atom stereocenters. The van der Waals surface area contributed by atoms with Gasteiger partial charge in [0.15, 0.2) is 5.75 Å².